The molecule has 1 fully saturated rings. The summed E-state index contributed by atoms with van der Waals surface area (Å²) < 4.78 is 43.4. The predicted octanol–water partition coefficient (Wildman–Crippen LogP) is 2.66. The molecule has 0 radical (unpaired) electrons. The van der Waals surface area contributed by atoms with Gasteiger partial charge < -0.3 is 18.8 Å². The number of piperidine rings is 1. The van der Waals surface area contributed by atoms with Crippen LogP contribution in [0, 0.1) is 12.8 Å². The minimum Gasteiger partial charge on any atom is -0.493 e. The lowest BCUT2D eigenvalue weighted by Gasteiger charge is -2.32. The van der Waals surface area contributed by atoms with Crippen LogP contribution < -0.4 is 9.47 Å². The number of rotatable bonds is 7. The number of sulfonamides is 1. The third kappa shape index (κ3) is 4.62. The normalized spacial score (nSPS) is 15.7. The molecule has 1 aromatic carbocycles. The highest BCUT2D eigenvalue weighted by atomic mass is 32.2. The van der Waals surface area contributed by atoms with Crippen molar-refractivity contribution in [1.82, 2.24) is 9.21 Å². The van der Waals surface area contributed by atoms with Crippen molar-refractivity contribution in [3.8, 4) is 11.5 Å². The molecule has 0 N–H and O–H groups in total. The molecule has 0 saturated carbocycles. The number of carbonyl (C=O) groups is 1. The molecular weight excluding hydrogens is 408 g/mol. The van der Waals surface area contributed by atoms with Crippen LogP contribution in [0.4, 0.5) is 0 Å². The van der Waals surface area contributed by atoms with Crippen molar-refractivity contribution in [3.63, 3.8) is 0 Å². The highest BCUT2D eigenvalue weighted by Gasteiger charge is 2.33. The maximum Gasteiger partial charge on any atom is 0.243 e. The van der Waals surface area contributed by atoms with Crippen LogP contribution in [0.5, 0.6) is 11.5 Å². The zero-order valence-electron chi connectivity index (χ0n) is 17.8. The third-order valence-corrected chi connectivity index (χ3v) is 7.26. The minimum atomic E-state index is -3.68. The molecule has 0 unspecified atom stereocenters. The van der Waals surface area contributed by atoms with Gasteiger partial charge in [-0.2, -0.15) is 4.31 Å². The standard InChI is InChI=1S/C21H28N2O6S/c1-15-5-6-17(29-15)14-22(2)21(24)16-9-11-23(12-10-16)30(25,26)18-7-8-19(27-3)20(13-18)28-4/h5-8,13,16H,9-12,14H2,1-4H3. The average molecular weight is 437 g/mol. The van der Waals surface area contributed by atoms with Gasteiger partial charge in [0.2, 0.25) is 15.9 Å². The smallest absolute Gasteiger partial charge is 0.243 e. The zero-order valence-corrected chi connectivity index (χ0v) is 18.6. The quantitative estimate of drug-likeness (QED) is 0.663. The van der Waals surface area contributed by atoms with E-state index in [0.717, 1.165) is 11.5 Å². The molecule has 164 valence electrons. The van der Waals surface area contributed by atoms with Crippen LogP contribution in [-0.4, -0.2) is 57.9 Å². The maximum atomic E-state index is 13.0. The fourth-order valence-corrected chi connectivity index (χ4v) is 5.15. The lowest BCUT2D eigenvalue weighted by Crippen LogP contribution is -2.43. The van der Waals surface area contributed by atoms with E-state index in [-0.39, 0.29) is 16.7 Å². The number of hydrogen-bond acceptors (Lipinski definition) is 6. The second-order valence-corrected chi connectivity index (χ2v) is 9.34. The van der Waals surface area contributed by atoms with Gasteiger partial charge in [-0.3, -0.25) is 4.79 Å². The molecule has 0 aliphatic carbocycles. The number of carbonyl (C=O) groups excluding carboxylic acids is 1. The summed E-state index contributed by atoms with van der Waals surface area (Å²) in [6, 6.07) is 8.27. The Morgan fingerprint density at radius 2 is 1.80 bits per heavy atom. The van der Waals surface area contributed by atoms with Gasteiger partial charge in [0.05, 0.1) is 25.7 Å². The van der Waals surface area contributed by atoms with E-state index in [0.29, 0.717) is 44.0 Å². The molecule has 1 amide bonds. The Morgan fingerprint density at radius 3 is 2.37 bits per heavy atom. The summed E-state index contributed by atoms with van der Waals surface area (Å²) in [7, 11) is 1.03. The van der Waals surface area contributed by atoms with Crippen LogP contribution in [0.2, 0.25) is 0 Å². The Morgan fingerprint density at radius 1 is 1.13 bits per heavy atom. The van der Waals surface area contributed by atoms with Gasteiger partial charge in [0, 0.05) is 32.1 Å². The lowest BCUT2D eigenvalue weighted by atomic mass is 9.96. The van der Waals surface area contributed by atoms with Crippen LogP contribution in [0.15, 0.2) is 39.6 Å². The number of ether oxygens (including phenoxy) is 2. The van der Waals surface area contributed by atoms with Crippen molar-refractivity contribution in [2.45, 2.75) is 31.2 Å². The van der Waals surface area contributed by atoms with E-state index in [2.05, 4.69) is 0 Å². The van der Waals surface area contributed by atoms with Crippen molar-refractivity contribution >= 4 is 15.9 Å². The molecule has 2 aromatic rings. The summed E-state index contributed by atoms with van der Waals surface area (Å²) in [6.07, 6.45) is 0.958. The van der Waals surface area contributed by atoms with Crippen molar-refractivity contribution in [2.75, 3.05) is 34.4 Å². The van der Waals surface area contributed by atoms with Crippen LogP contribution in [0.3, 0.4) is 0 Å². The molecule has 3 rings (SSSR count). The van der Waals surface area contributed by atoms with Crippen LogP contribution >= 0.6 is 0 Å². The average Bonchev–Trinajstić information content (AvgIpc) is 3.17. The first kappa shape index (κ1) is 22.2. The zero-order chi connectivity index (χ0) is 21.9. The van der Waals surface area contributed by atoms with Gasteiger partial charge in [-0.05, 0) is 44.0 Å². The predicted molar refractivity (Wildman–Crippen MR) is 111 cm³/mol. The molecule has 2 heterocycles. The number of methoxy groups -OCH3 is 2. The van der Waals surface area contributed by atoms with Crippen LogP contribution in [0.1, 0.15) is 24.4 Å². The Labute approximate surface area is 177 Å². The van der Waals surface area contributed by atoms with Crippen molar-refractivity contribution in [2.24, 2.45) is 5.92 Å². The van der Waals surface area contributed by atoms with Gasteiger partial charge in [-0.15, -0.1) is 0 Å². The number of hydrogen-bond donors (Lipinski definition) is 0. The van der Waals surface area contributed by atoms with E-state index in [4.69, 9.17) is 13.9 Å². The Kier molecular flexibility index (Phi) is 6.72. The number of nitrogens with zero attached hydrogens (tertiary/aromatic N) is 2. The SMILES string of the molecule is COc1ccc(S(=O)(=O)N2CCC(C(=O)N(C)Cc3ccc(C)o3)CC2)cc1OC. The van der Waals surface area contributed by atoms with E-state index in [9.17, 15) is 13.2 Å². The van der Waals surface area contributed by atoms with Gasteiger partial charge in [-0.25, -0.2) is 8.42 Å². The number of amides is 1. The molecule has 1 aromatic heterocycles. The Hall–Kier alpha value is -2.52. The van der Waals surface area contributed by atoms with Gasteiger partial charge in [0.25, 0.3) is 0 Å². The molecule has 9 heteroatoms. The maximum absolute atomic E-state index is 13.0. The molecule has 0 atom stereocenters. The molecule has 0 bridgehead atoms. The van der Waals surface area contributed by atoms with E-state index < -0.39 is 10.0 Å². The molecule has 1 aliphatic heterocycles. The van der Waals surface area contributed by atoms with Gasteiger partial charge in [-0.1, -0.05) is 0 Å². The number of furan rings is 1. The molecular formula is C21H28N2O6S. The van der Waals surface area contributed by atoms with Gasteiger partial charge in [0.15, 0.2) is 11.5 Å². The first-order valence-electron chi connectivity index (χ1n) is 9.78. The summed E-state index contributed by atoms with van der Waals surface area (Å²) in [5.41, 5.74) is 0. The van der Waals surface area contributed by atoms with Gasteiger partial charge >= 0.3 is 0 Å². The summed E-state index contributed by atoms with van der Waals surface area (Å²) in [6.45, 7) is 2.85. The molecule has 0 spiro atoms. The second kappa shape index (κ2) is 9.09. The molecule has 1 saturated heterocycles. The first-order valence-corrected chi connectivity index (χ1v) is 11.2. The molecule has 30 heavy (non-hydrogen) atoms. The lowest BCUT2D eigenvalue weighted by molar-refractivity contribution is -0.136. The number of aryl methyl sites for hydroxylation is 1. The van der Waals surface area contributed by atoms with E-state index >= 15 is 0 Å². The molecule has 1 aliphatic rings. The molecule has 8 nitrogen and oxygen atoms in total. The van der Waals surface area contributed by atoms with Gasteiger partial charge in [0.1, 0.15) is 11.5 Å². The highest BCUT2D eigenvalue weighted by Crippen LogP contribution is 2.32. The van der Waals surface area contributed by atoms with Crippen LogP contribution in [0.25, 0.3) is 0 Å². The second-order valence-electron chi connectivity index (χ2n) is 7.40. The van der Waals surface area contributed by atoms with Crippen LogP contribution in [-0.2, 0) is 21.4 Å². The Bertz CT molecular complexity index is 993. The number of benzene rings is 1. The fourth-order valence-electron chi connectivity index (χ4n) is 3.66. The largest absolute Gasteiger partial charge is 0.493 e. The topological polar surface area (TPSA) is 89.3 Å². The third-order valence-electron chi connectivity index (χ3n) is 5.36. The fraction of sp³-hybridized carbons (Fsp3) is 0.476. The monoisotopic (exact) mass is 436 g/mol. The first-order chi connectivity index (χ1) is 14.3. The van der Waals surface area contributed by atoms with Crippen molar-refractivity contribution in [3.05, 3.63) is 41.9 Å². The van der Waals surface area contributed by atoms with Crippen molar-refractivity contribution < 1.29 is 27.1 Å². The van der Waals surface area contributed by atoms with E-state index in [1.165, 1.54) is 30.7 Å². The van der Waals surface area contributed by atoms with E-state index in [1.54, 1.807) is 18.0 Å². The Balaban J connectivity index is 1.63. The summed E-state index contributed by atoms with van der Waals surface area (Å²) in [5, 5.41) is 0. The highest BCUT2D eigenvalue weighted by molar-refractivity contribution is 7.89. The van der Waals surface area contributed by atoms with E-state index in [1.807, 2.05) is 19.1 Å². The minimum absolute atomic E-state index is 0.00668. The summed E-state index contributed by atoms with van der Waals surface area (Å²) in [5.74, 6) is 2.17. The summed E-state index contributed by atoms with van der Waals surface area (Å²) >= 11 is 0. The summed E-state index contributed by atoms with van der Waals surface area (Å²) in [4.78, 5) is 14.6. The van der Waals surface area contributed by atoms with Crippen molar-refractivity contribution in [1.29, 1.82) is 0 Å².